The zero-order valence-corrected chi connectivity index (χ0v) is 10.6. The van der Waals surface area contributed by atoms with Gasteiger partial charge in [-0.1, -0.05) is 24.3 Å². The molecule has 0 N–H and O–H groups in total. The molecule has 0 heterocycles. The van der Waals surface area contributed by atoms with Crippen LogP contribution in [0.15, 0.2) is 48.5 Å². The molecule has 0 saturated carbocycles. The van der Waals surface area contributed by atoms with Crippen LogP contribution in [0, 0.1) is 5.82 Å². The number of rotatable bonds is 6. The van der Waals surface area contributed by atoms with E-state index in [0.29, 0.717) is 18.1 Å². The minimum absolute atomic E-state index is 0.228. The molecular weight excluding hydrogens is 247 g/mol. The van der Waals surface area contributed by atoms with Crippen molar-refractivity contribution in [2.75, 3.05) is 20.3 Å². The highest BCUT2D eigenvalue weighted by Crippen LogP contribution is 2.25. The smallest absolute Gasteiger partial charge is 0.165 e. The molecule has 0 radical (unpaired) electrons. The van der Waals surface area contributed by atoms with Gasteiger partial charge in [0.1, 0.15) is 13.2 Å². The third kappa shape index (κ3) is 3.61. The highest BCUT2D eigenvalue weighted by molar-refractivity contribution is 5.39. The Morgan fingerprint density at radius 1 is 0.789 bits per heavy atom. The van der Waals surface area contributed by atoms with E-state index in [2.05, 4.69) is 0 Å². The molecule has 100 valence electrons. The number of para-hydroxylation sites is 3. The maximum Gasteiger partial charge on any atom is 0.165 e. The van der Waals surface area contributed by atoms with Crippen molar-refractivity contribution >= 4 is 0 Å². The first-order valence-electron chi connectivity index (χ1n) is 5.94. The molecule has 2 aromatic carbocycles. The van der Waals surface area contributed by atoms with Crippen LogP contribution < -0.4 is 14.2 Å². The molecule has 0 aromatic heterocycles. The summed E-state index contributed by atoms with van der Waals surface area (Å²) in [6.07, 6.45) is 0. The average Bonchev–Trinajstić information content (AvgIpc) is 2.45. The Kier molecular flexibility index (Phi) is 4.61. The summed E-state index contributed by atoms with van der Waals surface area (Å²) in [6.45, 7) is 0.577. The molecular formula is C15H15FO3. The lowest BCUT2D eigenvalue weighted by Gasteiger charge is -2.11. The summed E-state index contributed by atoms with van der Waals surface area (Å²) in [5.41, 5.74) is 0. The number of methoxy groups -OCH3 is 1. The van der Waals surface area contributed by atoms with E-state index in [0.717, 1.165) is 0 Å². The lowest BCUT2D eigenvalue weighted by molar-refractivity contribution is 0.206. The molecule has 4 heteroatoms. The maximum atomic E-state index is 13.3. The predicted molar refractivity (Wildman–Crippen MR) is 70.4 cm³/mol. The Balaban J connectivity index is 1.83. The monoisotopic (exact) mass is 262 g/mol. The summed E-state index contributed by atoms with van der Waals surface area (Å²) in [6, 6.07) is 13.6. The van der Waals surface area contributed by atoms with Gasteiger partial charge in [-0.25, -0.2) is 4.39 Å². The van der Waals surface area contributed by atoms with E-state index < -0.39 is 0 Å². The van der Waals surface area contributed by atoms with Crippen LogP contribution in [0.25, 0.3) is 0 Å². The molecule has 0 fully saturated rings. The van der Waals surface area contributed by atoms with Gasteiger partial charge in [0.25, 0.3) is 0 Å². The minimum Gasteiger partial charge on any atom is -0.493 e. The van der Waals surface area contributed by atoms with Gasteiger partial charge in [-0.05, 0) is 24.3 Å². The van der Waals surface area contributed by atoms with Gasteiger partial charge < -0.3 is 14.2 Å². The van der Waals surface area contributed by atoms with Crippen LogP contribution in [0.4, 0.5) is 4.39 Å². The van der Waals surface area contributed by atoms with Crippen molar-refractivity contribution < 1.29 is 18.6 Å². The van der Waals surface area contributed by atoms with Gasteiger partial charge in [-0.15, -0.1) is 0 Å². The molecule has 0 spiro atoms. The summed E-state index contributed by atoms with van der Waals surface area (Å²) in [5, 5.41) is 0. The largest absolute Gasteiger partial charge is 0.493 e. The fourth-order valence-electron chi connectivity index (χ4n) is 1.60. The van der Waals surface area contributed by atoms with Crippen LogP contribution in [0.1, 0.15) is 0 Å². The average molecular weight is 262 g/mol. The summed E-state index contributed by atoms with van der Waals surface area (Å²) in [7, 11) is 1.58. The van der Waals surface area contributed by atoms with Crippen molar-refractivity contribution in [2.24, 2.45) is 0 Å². The van der Waals surface area contributed by atoms with E-state index in [1.165, 1.54) is 6.07 Å². The number of halogens is 1. The van der Waals surface area contributed by atoms with Gasteiger partial charge in [0.15, 0.2) is 23.1 Å². The van der Waals surface area contributed by atoms with Crippen LogP contribution >= 0.6 is 0 Å². The van der Waals surface area contributed by atoms with E-state index in [-0.39, 0.29) is 18.2 Å². The van der Waals surface area contributed by atoms with E-state index in [4.69, 9.17) is 14.2 Å². The molecule has 0 saturated heterocycles. The van der Waals surface area contributed by atoms with Crippen molar-refractivity contribution in [3.05, 3.63) is 54.3 Å². The molecule has 2 aromatic rings. The normalized spacial score (nSPS) is 10.0. The molecule has 0 aliphatic rings. The van der Waals surface area contributed by atoms with Gasteiger partial charge in [0.2, 0.25) is 0 Å². The third-order valence-corrected chi connectivity index (χ3v) is 2.50. The van der Waals surface area contributed by atoms with Crippen LogP contribution in [0.3, 0.4) is 0 Å². The topological polar surface area (TPSA) is 27.7 Å². The second kappa shape index (κ2) is 6.64. The van der Waals surface area contributed by atoms with Crippen molar-refractivity contribution in [1.82, 2.24) is 0 Å². The van der Waals surface area contributed by atoms with Crippen molar-refractivity contribution in [1.29, 1.82) is 0 Å². The van der Waals surface area contributed by atoms with Gasteiger partial charge >= 0.3 is 0 Å². The summed E-state index contributed by atoms with van der Waals surface area (Å²) in [5.74, 6) is 1.15. The van der Waals surface area contributed by atoms with Gasteiger partial charge in [0.05, 0.1) is 7.11 Å². The molecule has 0 atom stereocenters. The number of benzene rings is 2. The Morgan fingerprint density at radius 3 is 1.95 bits per heavy atom. The van der Waals surface area contributed by atoms with E-state index in [9.17, 15) is 4.39 Å². The zero-order chi connectivity index (χ0) is 13.5. The SMILES string of the molecule is COc1ccccc1OCCOc1ccccc1F. The molecule has 0 aliphatic heterocycles. The van der Waals surface area contributed by atoms with Gasteiger partial charge in [-0.2, -0.15) is 0 Å². The molecule has 0 aliphatic carbocycles. The van der Waals surface area contributed by atoms with Crippen LogP contribution in [0.5, 0.6) is 17.2 Å². The quantitative estimate of drug-likeness (QED) is 0.748. The Morgan fingerprint density at radius 2 is 1.32 bits per heavy atom. The lowest BCUT2D eigenvalue weighted by Crippen LogP contribution is -2.10. The molecule has 0 unspecified atom stereocenters. The standard InChI is InChI=1S/C15H15FO3/c1-17-14-8-4-5-9-15(14)19-11-10-18-13-7-3-2-6-12(13)16/h2-9H,10-11H2,1H3. The first kappa shape index (κ1) is 13.2. The third-order valence-electron chi connectivity index (χ3n) is 2.50. The van der Waals surface area contributed by atoms with E-state index in [1.54, 1.807) is 25.3 Å². The van der Waals surface area contributed by atoms with Gasteiger partial charge in [0, 0.05) is 0 Å². The number of hydrogen-bond donors (Lipinski definition) is 0. The van der Waals surface area contributed by atoms with Gasteiger partial charge in [-0.3, -0.25) is 0 Å². The summed E-state index contributed by atoms with van der Waals surface area (Å²) in [4.78, 5) is 0. The maximum absolute atomic E-state index is 13.3. The second-order valence-electron chi connectivity index (χ2n) is 3.78. The second-order valence-corrected chi connectivity index (χ2v) is 3.78. The molecule has 2 rings (SSSR count). The number of hydrogen-bond acceptors (Lipinski definition) is 3. The molecule has 0 amide bonds. The first-order valence-corrected chi connectivity index (χ1v) is 5.94. The zero-order valence-electron chi connectivity index (χ0n) is 10.6. The highest BCUT2D eigenvalue weighted by Gasteiger charge is 2.04. The van der Waals surface area contributed by atoms with Crippen molar-refractivity contribution in [3.8, 4) is 17.2 Å². The Hall–Kier alpha value is -2.23. The van der Waals surface area contributed by atoms with Crippen molar-refractivity contribution in [3.63, 3.8) is 0 Å². The first-order chi connectivity index (χ1) is 9.31. The number of ether oxygens (including phenoxy) is 3. The summed E-state index contributed by atoms with van der Waals surface area (Å²) >= 11 is 0. The molecule has 0 bridgehead atoms. The fourth-order valence-corrected chi connectivity index (χ4v) is 1.60. The van der Waals surface area contributed by atoms with Crippen LogP contribution in [-0.2, 0) is 0 Å². The summed E-state index contributed by atoms with van der Waals surface area (Å²) < 4.78 is 29.2. The van der Waals surface area contributed by atoms with E-state index in [1.807, 2.05) is 24.3 Å². The molecule has 3 nitrogen and oxygen atoms in total. The predicted octanol–water partition coefficient (Wildman–Crippen LogP) is 3.29. The van der Waals surface area contributed by atoms with Crippen LogP contribution in [0.2, 0.25) is 0 Å². The lowest BCUT2D eigenvalue weighted by atomic mass is 10.3. The Labute approximate surface area is 111 Å². The van der Waals surface area contributed by atoms with Crippen LogP contribution in [-0.4, -0.2) is 20.3 Å². The minimum atomic E-state index is -0.375. The highest BCUT2D eigenvalue weighted by atomic mass is 19.1. The molecule has 19 heavy (non-hydrogen) atoms. The van der Waals surface area contributed by atoms with Crippen molar-refractivity contribution in [2.45, 2.75) is 0 Å². The Bertz CT molecular complexity index is 528. The van der Waals surface area contributed by atoms with E-state index >= 15 is 0 Å². The fraction of sp³-hybridized carbons (Fsp3) is 0.200.